The number of Topliss-reactive ketones (excluding diaryl/α,β-unsaturated/α-hetero) is 2. The van der Waals surface area contributed by atoms with Crippen LogP contribution in [0.15, 0.2) is 48.5 Å². The van der Waals surface area contributed by atoms with Crippen LogP contribution in [0.1, 0.15) is 47.4 Å². The van der Waals surface area contributed by atoms with Crippen molar-refractivity contribution in [2.75, 3.05) is 13.2 Å². The van der Waals surface area contributed by atoms with E-state index in [4.69, 9.17) is 19.1 Å². The van der Waals surface area contributed by atoms with Crippen LogP contribution < -0.4 is 9.47 Å². The van der Waals surface area contributed by atoms with Crippen LogP contribution in [-0.4, -0.2) is 41.8 Å². The number of hydrogen-bond donors (Lipinski definition) is 0. The van der Waals surface area contributed by atoms with Crippen molar-refractivity contribution in [3.05, 3.63) is 64.6 Å². The van der Waals surface area contributed by atoms with Crippen molar-refractivity contribution >= 4 is 23.5 Å². The number of rotatable bonds is 12. The number of nitrogens with zero attached hydrogens (tertiary/aromatic N) is 1. The summed E-state index contributed by atoms with van der Waals surface area (Å²) in [5, 5.41) is -0.145. The van der Waals surface area contributed by atoms with Crippen LogP contribution in [-0.2, 0) is 19.3 Å². The van der Waals surface area contributed by atoms with Gasteiger partial charge in [0.1, 0.15) is 16.4 Å². The van der Waals surface area contributed by atoms with Crippen LogP contribution in [0, 0.1) is 4.91 Å². The van der Waals surface area contributed by atoms with Crippen molar-refractivity contribution in [1.29, 1.82) is 0 Å². The molecule has 0 saturated carbocycles. The normalized spacial score (nSPS) is 10.1. The zero-order valence-corrected chi connectivity index (χ0v) is 17.6. The maximum absolute atomic E-state index is 12.1. The predicted octanol–water partition coefficient (Wildman–Crippen LogP) is 3.03. The van der Waals surface area contributed by atoms with E-state index in [1.54, 1.807) is 0 Å². The molecule has 0 aliphatic heterocycles. The molecule has 0 N–H and O–H groups in total. The van der Waals surface area contributed by atoms with Crippen LogP contribution in [0.2, 0.25) is 0 Å². The third-order valence-electron chi connectivity index (χ3n) is 3.93. The van der Waals surface area contributed by atoms with Gasteiger partial charge in [0.2, 0.25) is 0 Å². The molecule has 0 radical (unpaired) electrons. The van der Waals surface area contributed by atoms with E-state index in [0.717, 1.165) is 0 Å². The molecule has 0 heterocycles. The molecule has 0 unspecified atom stereocenters. The number of ketones is 2. The molecule has 0 atom stereocenters. The van der Waals surface area contributed by atoms with Crippen LogP contribution in [0.4, 0.5) is 0 Å². The van der Waals surface area contributed by atoms with Crippen LogP contribution >= 0.6 is 0 Å². The van der Waals surface area contributed by atoms with Crippen molar-refractivity contribution in [3.8, 4) is 11.5 Å². The molecule has 0 aliphatic carbocycles. The lowest BCUT2D eigenvalue weighted by molar-refractivity contribution is -0.981. The maximum Gasteiger partial charge on any atom is 0.477 e. The SMILES string of the molecule is CC(=O)Oc1ccc(C(=O)CCO[N+](=O)OCCC(=O)c2ccc(OC(C)=O)cc2)cc1. The molecule has 10 heteroatoms. The summed E-state index contributed by atoms with van der Waals surface area (Å²) in [6.07, 6.45) is -0.161. The fourth-order valence-electron chi connectivity index (χ4n) is 2.50. The third-order valence-corrected chi connectivity index (χ3v) is 3.93. The highest BCUT2D eigenvalue weighted by Crippen LogP contribution is 2.15. The van der Waals surface area contributed by atoms with Crippen LogP contribution in [0.25, 0.3) is 0 Å². The Morgan fingerprint density at radius 1 is 0.656 bits per heavy atom. The second-order valence-corrected chi connectivity index (χ2v) is 6.47. The number of esters is 2. The monoisotopic (exact) mass is 444 g/mol. The predicted molar refractivity (Wildman–Crippen MR) is 109 cm³/mol. The smallest absolute Gasteiger partial charge is 0.427 e. The van der Waals surface area contributed by atoms with Gasteiger partial charge in [-0.05, 0) is 48.5 Å². The molecule has 0 saturated heterocycles. The molecule has 0 amide bonds. The minimum absolute atomic E-state index is 0.0807. The summed E-state index contributed by atoms with van der Waals surface area (Å²) in [7, 11) is 0. The first-order valence-corrected chi connectivity index (χ1v) is 9.61. The van der Waals surface area contributed by atoms with Gasteiger partial charge < -0.3 is 9.47 Å². The minimum Gasteiger partial charge on any atom is -0.427 e. The van der Waals surface area contributed by atoms with Gasteiger partial charge in [0, 0.05) is 25.0 Å². The van der Waals surface area contributed by atoms with Gasteiger partial charge in [-0.1, -0.05) is 0 Å². The molecule has 0 aliphatic rings. The number of carbonyl (C=O) groups is 4. The first-order valence-electron chi connectivity index (χ1n) is 9.61. The van der Waals surface area contributed by atoms with Crippen molar-refractivity contribution in [2.24, 2.45) is 0 Å². The first kappa shape index (κ1) is 24.2. The fourth-order valence-corrected chi connectivity index (χ4v) is 2.50. The highest BCUT2D eigenvalue weighted by atomic mass is 17.0. The Kier molecular flexibility index (Phi) is 9.03. The van der Waals surface area contributed by atoms with E-state index in [0.29, 0.717) is 22.6 Å². The molecule has 168 valence electrons. The van der Waals surface area contributed by atoms with Crippen LogP contribution in [0.5, 0.6) is 11.5 Å². The molecule has 0 spiro atoms. The number of ether oxygens (including phenoxy) is 2. The van der Waals surface area contributed by atoms with E-state index >= 15 is 0 Å². The van der Waals surface area contributed by atoms with E-state index in [1.165, 1.54) is 62.4 Å². The molecule has 0 bridgehead atoms. The van der Waals surface area contributed by atoms with Crippen molar-refractivity contribution in [3.63, 3.8) is 0 Å². The van der Waals surface area contributed by atoms with Gasteiger partial charge in [0.15, 0.2) is 24.8 Å². The molecular weight excluding hydrogens is 422 g/mol. The van der Waals surface area contributed by atoms with Gasteiger partial charge in [0.25, 0.3) is 0 Å². The van der Waals surface area contributed by atoms with E-state index in [-0.39, 0.29) is 42.7 Å². The van der Waals surface area contributed by atoms with Gasteiger partial charge >= 0.3 is 17.0 Å². The van der Waals surface area contributed by atoms with Crippen molar-refractivity contribution < 1.29 is 43.4 Å². The third kappa shape index (κ3) is 8.34. The molecule has 0 fully saturated rings. The second kappa shape index (κ2) is 11.9. The maximum atomic E-state index is 12.1. The summed E-state index contributed by atoms with van der Waals surface area (Å²) in [6, 6.07) is 11.9. The molecule has 2 rings (SSSR count). The van der Waals surface area contributed by atoms with Crippen molar-refractivity contribution in [1.82, 2.24) is 0 Å². The Morgan fingerprint density at radius 2 is 1.00 bits per heavy atom. The quantitative estimate of drug-likeness (QED) is 0.210. The van der Waals surface area contributed by atoms with E-state index in [1.807, 2.05) is 0 Å². The summed E-state index contributed by atoms with van der Waals surface area (Å²) in [6.45, 7) is 2.10. The molecule has 2 aromatic carbocycles. The zero-order valence-electron chi connectivity index (χ0n) is 17.6. The molecule has 2 aromatic rings. The van der Waals surface area contributed by atoms with Gasteiger partial charge in [0.05, 0.1) is 12.8 Å². The lowest BCUT2D eigenvalue weighted by Gasteiger charge is -2.03. The highest BCUT2D eigenvalue weighted by Gasteiger charge is 2.16. The largest absolute Gasteiger partial charge is 0.477 e. The fraction of sp³-hybridized carbons (Fsp3) is 0.273. The van der Waals surface area contributed by atoms with E-state index < -0.39 is 11.9 Å². The standard InChI is InChI=1S/C22H22NO9/c1-15(24)31-19-7-3-17(4-8-19)21(26)11-13-29-23(28)30-14-12-22(27)18-5-9-20(10-6-18)32-16(2)25/h3-10H,11-14H2,1-2H3/q+1. The number of benzene rings is 2. The Bertz CT molecular complexity index is 902. The summed E-state index contributed by atoms with van der Waals surface area (Å²) in [5.74, 6) is -0.849. The molecule has 32 heavy (non-hydrogen) atoms. The van der Waals surface area contributed by atoms with Crippen LogP contribution in [0.3, 0.4) is 0 Å². The Balaban J connectivity index is 1.66. The summed E-state index contributed by atoms with van der Waals surface area (Å²) >= 11 is 0. The molecule has 0 aromatic heterocycles. The summed E-state index contributed by atoms with van der Waals surface area (Å²) < 4.78 is 9.76. The van der Waals surface area contributed by atoms with Gasteiger partial charge in [-0.2, -0.15) is 9.68 Å². The average Bonchev–Trinajstić information content (AvgIpc) is 2.73. The van der Waals surface area contributed by atoms with Crippen molar-refractivity contribution in [2.45, 2.75) is 26.7 Å². The minimum atomic E-state index is -0.466. The first-order chi connectivity index (χ1) is 15.2. The second-order valence-electron chi connectivity index (χ2n) is 6.47. The van der Waals surface area contributed by atoms with Gasteiger partial charge in [-0.3, -0.25) is 19.2 Å². The van der Waals surface area contributed by atoms with Gasteiger partial charge in [-0.25, -0.2) is 0 Å². The molecular formula is C22H22NO9+. The number of carbonyl (C=O) groups excluding carboxylic acids is 4. The Labute approximate surface area is 183 Å². The topological polar surface area (TPSA) is 125 Å². The summed E-state index contributed by atoms with van der Waals surface area (Å²) in [5.41, 5.74) is 0.737. The molecule has 10 nitrogen and oxygen atoms in total. The van der Waals surface area contributed by atoms with E-state index in [9.17, 15) is 24.1 Å². The average molecular weight is 444 g/mol. The lowest BCUT2D eigenvalue weighted by atomic mass is 10.1. The van der Waals surface area contributed by atoms with E-state index in [2.05, 4.69) is 0 Å². The Hall–Kier alpha value is -4.08. The Morgan fingerprint density at radius 3 is 1.31 bits per heavy atom. The summed E-state index contributed by atoms with van der Waals surface area (Å²) in [4.78, 5) is 67.0. The lowest BCUT2D eigenvalue weighted by Crippen LogP contribution is -2.16. The highest BCUT2D eigenvalue weighted by molar-refractivity contribution is 5.96. The zero-order chi connectivity index (χ0) is 23.5. The number of hydrogen-bond acceptors (Lipinski definition) is 9. The van der Waals surface area contributed by atoms with Gasteiger partial charge in [-0.15, -0.1) is 0 Å².